The maximum Gasteiger partial charge on any atom is 0.275 e. The van der Waals surface area contributed by atoms with Gasteiger partial charge in [0.2, 0.25) is 0 Å². The zero-order valence-corrected chi connectivity index (χ0v) is 11.4. The summed E-state index contributed by atoms with van der Waals surface area (Å²) in [4.78, 5) is 20.0. The van der Waals surface area contributed by atoms with E-state index in [2.05, 4.69) is 20.6 Å². The second-order valence-corrected chi connectivity index (χ2v) is 4.31. The average Bonchev–Trinajstić information content (AvgIpc) is 2.43. The van der Waals surface area contributed by atoms with E-state index >= 15 is 0 Å². The first-order valence-corrected chi connectivity index (χ1v) is 6.30. The minimum Gasteiger partial charge on any atom is -0.369 e. The molecule has 0 saturated carbocycles. The van der Waals surface area contributed by atoms with Crippen LogP contribution >= 0.6 is 11.6 Å². The summed E-state index contributed by atoms with van der Waals surface area (Å²) in [6.45, 7) is 2.58. The number of nitrogens with zero attached hydrogens (tertiary/aromatic N) is 2. The van der Waals surface area contributed by atoms with Crippen molar-refractivity contribution in [2.45, 2.75) is 6.92 Å². The van der Waals surface area contributed by atoms with Gasteiger partial charge in [-0.2, -0.15) is 0 Å². The molecule has 2 N–H and O–H groups in total. The first kappa shape index (κ1) is 14.2. The van der Waals surface area contributed by atoms with E-state index in [1.807, 2.05) is 6.92 Å². The van der Waals surface area contributed by atoms with Crippen molar-refractivity contribution in [1.29, 1.82) is 0 Å². The third kappa shape index (κ3) is 3.42. The van der Waals surface area contributed by atoms with Gasteiger partial charge in [-0.1, -0.05) is 11.6 Å². The summed E-state index contributed by atoms with van der Waals surface area (Å²) in [6.07, 6.45) is 2.85. The lowest BCUT2D eigenvalue weighted by Crippen LogP contribution is -2.15. The molecule has 0 fully saturated rings. The van der Waals surface area contributed by atoms with Gasteiger partial charge in [-0.05, 0) is 25.1 Å². The Hall–Kier alpha value is -2.21. The fourth-order valence-electron chi connectivity index (χ4n) is 1.51. The molecule has 1 aromatic carbocycles. The van der Waals surface area contributed by atoms with Crippen LogP contribution in [0.3, 0.4) is 0 Å². The van der Waals surface area contributed by atoms with Crippen molar-refractivity contribution < 1.29 is 9.18 Å². The monoisotopic (exact) mass is 294 g/mol. The first-order chi connectivity index (χ1) is 9.60. The van der Waals surface area contributed by atoms with Crippen molar-refractivity contribution in [3.05, 3.63) is 47.1 Å². The van der Waals surface area contributed by atoms with Crippen LogP contribution in [-0.2, 0) is 0 Å². The smallest absolute Gasteiger partial charge is 0.275 e. The molecule has 104 valence electrons. The Kier molecular flexibility index (Phi) is 4.47. The topological polar surface area (TPSA) is 66.9 Å². The highest BCUT2D eigenvalue weighted by Crippen LogP contribution is 2.19. The highest BCUT2D eigenvalue weighted by molar-refractivity contribution is 6.30. The predicted octanol–water partition coefficient (Wildman–Crippen LogP) is 2.95. The maximum absolute atomic E-state index is 13.3. The number of rotatable bonds is 4. The molecular formula is C13H12ClFN4O. The molecule has 1 heterocycles. The van der Waals surface area contributed by atoms with Crippen LogP contribution in [0.1, 0.15) is 17.4 Å². The number of hydrogen-bond donors (Lipinski definition) is 2. The second-order valence-electron chi connectivity index (χ2n) is 3.90. The van der Waals surface area contributed by atoms with Gasteiger partial charge in [0.1, 0.15) is 17.3 Å². The fourth-order valence-corrected chi connectivity index (χ4v) is 1.63. The molecule has 0 radical (unpaired) electrons. The molecule has 0 atom stereocenters. The number of carbonyl (C=O) groups is 1. The van der Waals surface area contributed by atoms with E-state index in [0.29, 0.717) is 18.1 Å². The first-order valence-electron chi connectivity index (χ1n) is 5.92. The van der Waals surface area contributed by atoms with Crippen LogP contribution in [0.5, 0.6) is 0 Å². The molecule has 20 heavy (non-hydrogen) atoms. The summed E-state index contributed by atoms with van der Waals surface area (Å²) in [7, 11) is 0. The van der Waals surface area contributed by atoms with Crippen LogP contribution in [0.4, 0.5) is 15.9 Å². The molecule has 0 aliphatic rings. The summed E-state index contributed by atoms with van der Waals surface area (Å²) >= 11 is 5.57. The van der Waals surface area contributed by atoms with Crippen LogP contribution in [-0.4, -0.2) is 22.4 Å². The Morgan fingerprint density at radius 2 is 2.20 bits per heavy atom. The van der Waals surface area contributed by atoms with Crippen molar-refractivity contribution in [2.24, 2.45) is 0 Å². The number of halogens is 2. The Bertz CT molecular complexity index is 636. The molecule has 2 aromatic rings. The molecule has 1 amide bonds. The average molecular weight is 295 g/mol. The Balaban J connectivity index is 2.15. The van der Waals surface area contributed by atoms with E-state index in [-0.39, 0.29) is 10.7 Å². The van der Waals surface area contributed by atoms with Crippen molar-refractivity contribution in [3.63, 3.8) is 0 Å². The minimum absolute atomic E-state index is 0.00284. The molecule has 0 aliphatic carbocycles. The van der Waals surface area contributed by atoms with Gasteiger partial charge in [0.15, 0.2) is 0 Å². The number of amides is 1. The van der Waals surface area contributed by atoms with Gasteiger partial charge < -0.3 is 10.6 Å². The van der Waals surface area contributed by atoms with Gasteiger partial charge in [-0.15, -0.1) is 0 Å². The lowest BCUT2D eigenvalue weighted by molar-refractivity contribution is 0.102. The summed E-state index contributed by atoms with van der Waals surface area (Å²) in [5.74, 6) is -0.571. The van der Waals surface area contributed by atoms with Crippen LogP contribution in [0.2, 0.25) is 5.02 Å². The van der Waals surface area contributed by atoms with E-state index < -0.39 is 11.7 Å². The zero-order chi connectivity index (χ0) is 14.5. The lowest BCUT2D eigenvalue weighted by Gasteiger charge is -2.07. The molecule has 0 aliphatic heterocycles. The van der Waals surface area contributed by atoms with Gasteiger partial charge >= 0.3 is 0 Å². The quantitative estimate of drug-likeness (QED) is 0.910. The summed E-state index contributed by atoms with van der Waals surface area (Å²) < 4.78 is 13.3. The van der Waals surface area contributed by atoms with Gasteiger partial charge in [0, 0.05) is 12.2 Å². The summed E-state index contributed by atoms with van der Waals surface area (Å²) in [5.41, 5.74) is 0.436. The third-order valence-electron chi connectivity index (χ3n) is 2.40. The van der Waals surface area contributed by atoms with E-state index in [9.17, 15) is 9.18 Å². The van der Waals surface area contributed by atoms with E-state index in [4.69, 9.17) is 11.6 Å². The molecule has 0 unspecified atom stereocenters. The zero-order valence-electron chi connectivity index (χ0n) is 10.7. The van der Waals surface area contributed by atoms with Crippen molar-refractivity contribution in [2.75, 3.05) is 17.2 Å². The maximum atomic E-state index is 13.3. The number of hydrogen-bond acceptors (Lipinski definition) is 4. The number of nitrogens with one attached hydrogen (secondary N) is 2. The normalized spacial score (nSPS) is 10.2. The van der Waals surface area contributed by atoms with Crippen molar-refractivity contribution in [1.82, 2.24) is 9.97 Å². The van der Waals surface area contributed by atoms with Gasteiger partial charge in [0.25, 0.3) is 5.91 Å². The Morgan fingerprint density at radius 1 is 1.40 bits per heavy atom. The van der Waals surface area contributed by atoms with Crippen LogP contribution < -0.4 is 10.6 Å². The number of aromatic nitrogens is 2. The predicted molar refractivity (Wildman–Crippen MR) is 75.6 cm³/mol. The van der Waals surface area contributed by atoms with E-state index in [0.717, 1.165) is 6.07 Å². The number of benzene rings is 1. The van der Waals surface area contributed by atoms with Crippen LogP contribution in [0.15, 0.2) is 30.6 Å². The molecule has 0 bridgehead atoms. The molecule has 1 aromatic heterocycles. The van der Waals surface area contributed by atoms with Gasteiger partial charge in [-0.25, -0.2) is 9.37 Å². The highest BCUT2D eigenvalue weighted by Gasteiger charge is 2.10. The largest absolute Gasteiger partial charge is 0.369 e. The molecule has 5 nitrogen and oxygen atoms in total. The molecular weight excluding hydrogens is 283 g/mol. The number of carbonyl (C=O) groups excluding carboxylic acids is 1. The lowest BCUT2D eigenvalue weighted by atomic mass is 10.3. The van der Waals surface area contributed by atoms with Gasteiger partial charge in [-0.3, -0.25) is 9.78 Å². The molecule has 0 saturated heterocycles. The summed E-state index contributed by atoms with van der Waals surface area (Å²) in [6, 6.07) is 4.01. The van der Waals surface area contributed by atoms with Crippen LogP contribution in [0, 0.1) is 5.82 Å². The molecule has 0 spiro atoms. The highest BCUT2D eigenvalue weighted by atomic mass is 35.5. The number of anilines is 2. The SMILES string of the molecule is CCNc1cncc(C(=O)Nc2ccc(Cl)c(F)c2)n1. The second kappa shape index (κ2) is 6.29. The van der Waals surface area contributed by atoms with Crippen molar-refractivity contribution >= 4 is 29.0 Å². The Morgan fingerprint density at radius 3 is 2.90 bits per heavy atom. The van der Waals surface area contributed by atoms with E-state index in [1.54, 1.807) is 0 Å². The standard InChI is InChI=1S/C13H12ClFN4O/c1-2-17-12-7-16-6-11(19-12)13(20)18-8-3-4-9(14)10(15)5-8/h3-7H,2H2,1H3,(H,17,19)(H,18,20). The molecule has 7 heteroatoms. The van der Waals surface area contributed by atoms with Gasteiger partial charge in [0.05, 0.1) is 17.4 Å². The van der Waals surface area contributed by atoms with Crippen molar-refractivity contribution in [3.8, 4) is 0 Å². The van der Waals surface area contributed by atoms with E-state index in [1.165, 1.54) is 24.5 Å². The Labute approximate surface area is 120 Å². The fraction of sp³-hybridized carbons (Fsp3) is 0.154. The third-order valence-corrected chi connectivity index (χ3v) is 2.71. The minimum atomic E-state index is -0.600. The summed E-state index contributed by atoms with van der Waals surface area (Å²) in [5, 5.41) is 5.48. The molecule has 2 rings (SSSR count). The van der Waals surface area contributed by atoms with Crippen LogP contribution in [0.25, 0.3) is 0 Å².